The maximum atomic E-state index is 12.2. The fourth-order valence-corrected chi connectivity index (χ4v) is 2.32. The zero-order valence-corrected chi connectivity index (χ0v) is 11.7. The van der Waals surface area contributed by atoms with Crippen LogP contribution in [-0.2, 0) is 14.3 Å². The van der Waals surface area contributed by atoms with Crippen molar-refractivity contribution in [3.63, 3.8) is 0 Å². The second-order valence-corrected chi connectivity index (χ2v) is 4.94. The Kier molecular flexibility index (Phi) is 4.59. The summed E-state index contributed by atoms with van der Waals surface area (Å²) >= 11 is 0. The van der Waals surface area contributed by atoms with Gasteiger partial charge in [0.15, 0.2) is 0 Å². The first-order chi connectivity index (χ1) is 10.0. The smallest absolute Gasteiger partial charge is 0.326 e. The molecule has 6 heteroatoms. The topological polar surface area (TPSA) is 92.9 Å². The summed E-state index contributed by atoms with van der Waals surface area (Å²) in [6.45, 7) is 0.290. The molecule has 1 aliphatic heterocycles. The molecule has 0 aromatic heterocycles. The van der Waals surface area contributed by atoms with E-state index in [-0.39, 0.29) is 12.0 Å². The Balaban J connectivity index is 2.07. The molecule has 1 aromatic rings. The lowest BCUT2D eigenvalue weighted by Crippen LogP contribution is -2.39. The van der Waals surface area contributed by atoms with Crippen LogP contribution in [0.3, 0.4) is 0 Å². The number of likely N-dealkylation sites (tertiary alicyclic amines) is 1. The summed E-state index contributed by atoms with van der Waals surface area (Å²) in [6.07, 6.45) is 3.09. The average molecular weight is 290 g/mol. The van der Waals surface area contributed by atoms with Crippen molar-refractivity contribution in [1.29, 1.82) is 0 Å². The minimum absolute atomic E-state index is 0.236. The molecule has 0 aliphatic carbocycles. The van der Waals surface area contributed by atoms with Gasteiger partial charge in [-0.1, -0.05) is 12.1 Å². The quantitative estimate of drug-likeness (QED) is 0.637. The standard InChI is InChI=1S/C15H18N2O4/c1-21-12-8-13(15(19)20)17(9-12)14(18)7-4-10-2-5-11(16)6-3-10/h2-7,12-13H,8-9,16H2,1H3,(H,19,20)/b7-4+. The highest BCUT2D eigenvalue weighted by Gasteiger charge is 2.38. The molecule has 0 bridgehead atoms. The number of hydrogen-bond donors (Lipinski definition) is 2. The number of methoxy groups -OCH3 is 1. The van der Waals surface area contributed by atoms with Crippen LogP contribution in [0.1, 0.15) is 12.0 Å². The van der Waals surface area contributed by atoms with Gasteiger partial charge in [0.05, 0.1) is 6.10 Å². The molecule has 1 amide bonds. The average Bonchev–Trinajstić information content (AvgIpc) is 2.91. The fourth-order valence-electron chi connectivity index (χ4n) is 2.32. The van der Waals surface area contributed by atoms with Gasteiger partial charge in [-0.2, -0.15) is 0 Å². The molecule has 0 saturated carbocycles. The predicted octanol–water partition coefficient (Wildman–Crippen LogP) is 0.982. The van der Waals surface area contributed by atoms with E-state index < -0.39 is 12.0 Å². The highest BCUT2D eigenvalue weighted by Crippen LogP contribution is 2.21. The van der Waals surface area contributed by atoms with E-state index in [2.05, 4.69) is 0 Å². The van der Waals surface area contributed by atoms with Gasteiger partial charge < -0.3 is 20.5 Å². The van der Waals surface area contributed by atoms with Crippen LogP contribution in [0.25, 0.3) is 6.08 Å². The summed E-state index contributed by atoms with van der Waals surface area (Å²) in [5.74, 6) is -1.34. The lowest BCUT2D eigenvalue weighted by molar-refractivity contribution is -0.146. The van der Waals surface area contributed by atoms with Gasteiger partial charge in [-0.3, -0.25) is 4.79 Å². The zero-order chi connectivity index (χ0) is 15.4. The van der Waals surface area contributed by atoms with Crippen molar-refractivity contribution < 1.29 is 19.4 Å². The number of hydrogen-bond acceptors (Lipinski definition) is 4. The number of nitrogens with two attached hydrogens (primary N) is 1. The number of carbonyl (C=O) groups is 2. The van der Waals surface area contributed by atoms with Crippen LogP contribution in [0.5, 0.6) is 0 Å². The summed E-state index contributed by atoms with van der Waals surface area (Å²) in [4.78, 5) is 24.7. The van der Waals surface area contributed by atoms with E-state index in [1.54, 1.807) is 30.3 Å². The number of carboxylic acids is 1. The lowest BCUT2D eigenvalue weighted by atomic mass is 10.2. The molecule has 1 saturated heterocycles. The van der Waals surface area contributed by atoms with Crippen molar-refractivity contribution in [2.24, 2.45) is 0 Å². The van der Waals surface area contributed by atoms with Crippen molar-refractivity contribution in [3.05, 3.63) is 35.9 Å². The summed E-state index contributed by atoms with van der Waals surface area (Å²) in [5, 5.41) is 9.17. The normalized spacial score (nSPS) is 21.9. The van der Waals surface area contributed by atoms with Crippen molar-refractivity contribution >= 4 is 23.6 Å². The Hall–Kier alpha value is -2.34. The molecule has 2 unspecified atom stereocenters. The number of aliphatic carboxylic acids is 1. The van der Waals surface area contributed by atoms with E-state index in [1.165, 1.54) is 18.1 Å². The molecule has 2 atom stereocenters. The number of nitrogen functional groups attached to an aromatic ring is 1. The second-order valence-electron chi connectivity index (χ2n) is 4.94. The molecule has 1 heterocycles. The molecule has 0 radical (unpaired) electrons. The fraction of sp³-hybridized carbons (Fsp3) is 0.333. The highest BCUT2D eigenvalue weighted by molar-refractivity contribution is 5.94. The first kappa shape index (κ1) is 15.1. The summed E-state index contributed by atoms with van der Waals surface area (Å²) in [6, 6.07) is 6.21. The van der Waals surface area contributed by atoms with E-state index in [9.17, 15) is 14.7 Å². The summed E-state index contributed by atoms with van der Waals surface area (Å²) in [7, 11) is 1.52. The Morgan fingerprint density at radius 2 is 2.05 bits per heavy atom. The molecule has 6 nitrogen and oxygen atoms in total. The zero-order valence-electron chi connectivity index (χ0n) is 11.7. The predicted molar refractivity (Wildman–Crippen MR) is 78.4 cm³/mol. The van der Waals surface area contributed by atoms with Gasteiger partial charge in [-0.15, -0.1) is 0 Å². The van der Waals surface area contributed by atoms with Crippen LogP contribution < -0.4 is 5.73 Å². The van der Waals surface area contributed by atoms with Crippen molar-refractivity contribution in [2.45, 2.75) is 18.6 Å². The van der Waals surface area contributed by atoms with Crippen LogP contribution >= 0.6 is 0 Å². The summed E-state index contributed by atoms with van der Waals surface area (Å²) in [5.41, 5.74) is 7.06. The monoisotopic (exact) mass is 290 g/mol. The molecule has 1 aliphatic rings. The van der Waals surface area contributed by atoms with E-state index in [1.807, 2.05) is 0 Å². The molecule has 21 heavy (non-hydrogen) atoms. The first-order valence-electron chi connectivity index (χ1n) is 6.61. The number of carbonyl (C=O) groups excluding carboxylic acids is 1. The van der Waals surface area contributed by atoms with Crippen LogP contribution in [0.15, 0.2) is 30.3 Å². The maximum Gasteiger partial charge on any atom is 0.326 e. The molecular weight excluding hydrogens is 272 g/mol. The Labute approximate surface area is 122 Å². The number of carboxylic acid groups (broad SMARTS) is 1. The van der Waals surface area contributed by atoms with Gasteiger partial charge in [0.1, 0.15) is 6.04 Å². The van der Waals surface area contributed by atoms with Crippen molar-refractivity contribution in [1.82, 2.24) is 4.90 Å². The molecule has 2 rings (SSSR count). The van der Waals surface area contributed by atoms with Crippen molar-refractivity contribution in [2.75, 3.05) is 19.4 Å². The number of amides is 1. The molecule has 1 aromatic carbocycles. The van der Waals surface area contributed by atoms with E-state index in [0.717, 1.165) is 5.56 Å². The third-order valence-electron chi connectivity index (χ3n) is 3.52. The Morgan fingerprint density at radius 1 is 1.38 bits per heavy atom. The van der Waals surface area contributed by atoms with E-state index in [0.29, 0.717) is 18.7 Å². The number of ether oxygens (including phenoxy) is 1. The van der Waals surface area contributed by atoms with Gasteiger partial charge in [-0.25, -0.2) is 4.79 Å². The largest absolute Gasteiger partial charge is 0.480 e. The molecular formula is C15H18N2O4. The van der Waals surface area contributed by atoms with Gasteiger partial charge in [0.25, 0.3) is 0 Å². The van der Waals surface area contributed by atoms with Gasteiger partial charge >= 0.3 is 5.97 Å². The maximum absolute atomic E-state index is 12.2. The third kappa shape index (κ3) is 3.61. The van der Waals surface area contributed by atoms with Crippen LogP contribution in [0.4, 0.5) is 5.69 Å². The van der Waals surface area contributed by atoms with Crippen LogP contribution in [-0.4, -0.2) is 47.7 Å². The SMILES string of the molecule is COC1CC(C(=O)O)N(C(=O)/C=C/c2ccc(N)cc2)C1. The van der Waals surface area contributed by atoms with Gasteiger partial charge in [-0.05, 0) is 23.8 Å². The van der Waals surface area contributed by atoms with Crippen LogP contribution in [0, 0.1) is 0 Å². The van der Waals surface area contributed by atoms with E-state index in [4.69, 9.17) is 10.5 Å². The number of nitrogens with zero attached hydrogens (tertiary/aromatic N) is 1. The molecule has 112 valence electrons. The molecule has 1 fully saturated rings. The minimum Gasteiger partial charge on any atom is -0.480 e. The second kappa shape index (κ2) is 6.41. The molecule has 0 spiro atoms. The van der Waals surface area contributed by atoms with Gasteiger partial charge in [0, 0.05) is 31.8 Å². The minimum atomic E-state index is -1.01. The first-order valence-corrected chi connectivity index (χ1v) is 6.61. The third-order valence-corrected chi connectivity index (χ3v) is 3.52. The summed E-state index contributed by atoms with van der Waals surface area (Å²) < 4.78 is 5.15. The lowest BCUT2D eigenvalue weighted by Gasteiger charge is -2.19. The number of anilines is 1. The van der Waals surface area contributed by atoms with Crippen LogP contribution in [0.2, 0.25) is 0 Å². The number of rotatable bonds is 4. The van der Waals surface area contributed by atoms with E-state index >= 15 is 0 Å². The van der Waals surface area contributed by atoms with Crippen molar-refractivity contribution in [3.8, 4) is 0 Å². The van der Waals surface area contributed by atoms with Gasteiger partial charge in [0.2, 0.25) is 5.91 Å². The Bertz CT molecular complexity index is 553. The molecule has 3 N–H and O–H groups in total. The highest BCUT2D eigenvalue weighted by atomic mass is 16.5. The Morgan fingerprint density at radius 3 is 2.62 bits per heavy atom. The number of benzene rings is 1.